The standard InChI is InChI=1S/C20H23N3O5S/c1-12-7-8-13(19(27)28-2)9-15(12)21-17(25)11-29-20-22-16(24)10-18(26)23(20)14-5-3-4-6-14/h7-10,14,24H,3-6,11H2,1-2H3,(H,21,25). The highest BCUT2D eigenvalue weighted by Gasteiger charge is 2.22. The SMILES string of the molecule is COC(=O)c1ccc(C)c(NC(=O)CSc2nc(O)cc(=O)n2C2CCCC2)c1. The van der Waals surface area contributed by atoms with Gasteiger partial charge in [-0.3, -0.25) is 14.2 Å². The van der Waals surface area contributed by atoms with E-state index in [0.717, 1.165) is 49.1 Å². The van der Waals surface area contributed by atoms with Crippen LogP contribution in [0.4, 0.5) is 5.69 Å². The molecule has 0 aliphatic heterocycles. The first kappa shape index (κ1) is 20.9. The monoisotopic (exact) mass is 417 g/mol. The number of hydrogen-bond donors (Lipinski definition) is 2. The summed E-state index contributed by atoms with van der Waals surface area (Å²) >= 11 is 1.10. The molecule has 29 heavy (non-hydrogen) atoms. The Morgan fingerprint density at radius 1 is 1.31 bits per heavy atom. The van der Waals surface area contributed by atoms with Crippen LogP contribution in [0.5, 0.6) is 5.88 Å². The van der Waals surface area contributed by atoms with Crippen molar-refractivity contribution in [2.45, 2.75) is 43.8 Å². The maximum absolute atomic E-state index is 12.5. The fraction of sp³-hybridized carbons (Fsp3) is 0.400. The summed E-state index contributed by atoms with van der Waals surface area (Å²) in [6, 6.07) is 6.06. The van der Waals surface area contributed by atoms with E-state index in [2.05, 4.69) is 10.3 Å². The molecule has 2 N–H and O–H groups in total. The second kappa shape index (κ2) is 9.13. The third-order valence-electron chi connectivity index (χ3n) is 4.86. The van der Waals surface area contributed by atoms with E-state index < -0.39 is 5.97 Å². The minimum atomic E-state index is -0.487. The van der Waals surface area contributed by atoms with Gasteiger partial charge < -0.3 is 15.2 Å². The molecular weight excluding hydrogens is 394 g/mol. The molecule has 1 aromatic carbocycles. The summed E-state index contributed by atoms with van der Waals surface area (Å²) in [6.45, 7) is 1.82. The van der Waals surface area contributed by atoms with Crippen molar-refractivity contribution in [3.8, 4) is 5.88 Å². The lowest BCUT2D eigenvalue weighted by molar-refractivity contribution is -0.113. The summed E-state index contributed by atoms with van der Waals surface area (Å²) in [6.07, 6.45) is 3.84. The van der Waals surface area contributed by atoms with Crippen LogP contribution in [0.2, 0.25) is 0 Å². The van der Waals surface area contributed by atoms with Gasteiger partial charge in [0, 0.05) is 11.7 Å². The van der Waals surface area contributed by atoms with Crippen LogP contribution in [0.3, 0.4) is 0 Å². The van der Waals surface area contributed by atoms with Crippen molar-refractivity contribution in [1.82, 2.24) is 9.55 Å². The molecule has 0 unspecified atom stereocenters. The van der Waals surface area contributed by atoms with Crippen molar-refractivity contribution < 1.29 is 19.4 Å². The highest BCUT2D eigenvalue weighted by atomic mass is 32.2. The zero-order valence-electron chi connectivity index (χ0n) is 16.3. The average Bonchev–Trinajstić information content (AvgIpc) is 3.21. The third kappa shape index (κ3) is 4.97. The molecule has 3 rings (SSSR count). The van der Waals surface area contributed by atoms with Gasteiger partial charge in [-0.25, -0.2) is 4.79 Å². The van der Waals surface area contributed by atoms with Gasteiger partial charge in [-0.05, 0) is 37.5 Å². The van der Waals surface area contributed by atoms with Crippen LogP contribution in [0.1, 0.15) is 47.6 Å². The second-order valence-corrected chi connectivity index (χ2v) is 7.84. The Morgan fingerprint density at radius 2 is 2.03 bits per heavy atom. The van der Waals surface area contributed by atoms with Crippen molar-refractivity contribution >= 4 is 29.3 Å². The van der Waals surface area contributed by atoms with Gasteiger partial charge in [0.15, 0.2) is 5.16 Å². The van der Waals surface area contributed by atoms with Crippen molar-refractivity contribution in [3.05, 3.63) is 45.7 Å². The van der Waals surface area contributed by atoms with Crippen LogP contribution < -0.4 is 10.9 Å². The Labute approximate surface area is 172 Å². The Kier molecular flexibility index (Phi) is 6.58. The van der Waals surface area contributed by atoms with Crippen LogP contribution >= 0.6 is 11.8 Å². The van der Waals surface area contributed by atoms with E-state index >= 15 is 0 Å². The number of carbonyl (C=O) groups is 2. The quantitative estimate of drug-likeness (QED) is 0.422. The fourth-order valence-corrected chi connectivity index (χ4v) is 4.25. The lowest BCUT2D eigenvalue weighted by Gasteiger charge is -2.17. The first-order valence-corrected chi connectivity index (χ1v) is 10.3. The molecular formula is C20H23N3O5S. The van der Waals surface area contributed by atoms with E-state index in [0.29, 0.717) is 16.4 Å². The summed E-state index contributed by atoms with van der Waals surface area (Å²) in [4.78, 5) is 40.6. The van der Waals surface area contributed by atoms with Crippen molar-refractivity contribution in [2.24, 2.45) is 0 Å². The van der Waals surface area contributed by atoms with Crippen LogP contribution in [0.25, 0.3) is 0 Å². The molecule has 2 aromatic rings. The number of rotatable bonds is 6. The van der Waals surface area contributed by atoms with E-state index in [1.165, 1.54) is 7.11 Å². The zero-order chi connectivity index (χ0) is 21.0. The van der Waals surface area contributed by atoms with Crippen LogP contribution in [-0.4, -0.2) is 39.4 Å². The fourth-order valence-electron chi connectivity index (χ4n) is 3.38. The first-order chi connectivity index (χ1) is 13.9. The van der Waals surface area contributed by atoms with Gasteiger partial charge in [0.2, 0.25) is 11.8 Å². The molecule has 1 amide bonds. The van der Waals surface area contributed by atoms with Gasteiger partial charge in [-0.2, -0.15) is 4.98 Å². The summed E-state index contributed by atoms with van der Waals surface area (Å²) in [5.41, 5.74) is 1.34. The molecule has 0 saturated heterocycles. The van der Waals surface area contributed by atoms with Gasteiger partial charge in [-0.15, -0.1) is 0 Å². The Balaban J connectivity index is 1.73. The molecule has 8 nitrogen and oxygen atoms in total. The second-order valence-electron chi connectivity index (χ2n) is 6.90. The summed E-state index contributed by atoms with van der Waals surface area (Å²) < 4.78 is 6.28. The van der Waals surface area contributed by atoms with Crippen LogP contribution in [0, 0.1) is 6.92 Å². The lowest BCUT2D eigenvalue weighted by atomic mass is 10.1. The van der Waals surface area contributed by atoms with E-state index in [-0.39, 0.29) is 29.1 Å². The highest BCUT2D eigenvalue weighted by molar-refractivity contribution is 7.99. The normalized spacial score (nSPS) is 14.0. The predicted octanol–water partition coefficient (Wildman–Crippen LogP) is 2.89. The summed E-state index contributed by atoms with van der Waals surface area (Å²) in [5.74, 6) is -1.14. The number of nitrogens with one attached hydrogen (secondary N) is 1. The molecule has 1 heterocycles. The maximum Gasteiger partial charge on any atom is 0.337 e. The zero-order valence-corrected chi connectivity index (χ0v) is 17.1. The number of aryl methyl sites for hydroxylation is 1. The van der Waals surface area contributed by atoms with Crippen molar-refractivity contribution in [1.29, 1.82) is 0 Å². The number of carbonyl (C=O) groups excluding carboxylic acids is 2. The minimum absolute atomic E-state index is 0.00447. The number of ether oxygens (including phenoxy) is 1. The van der Waals surface area contributed by atoms with Crippen LogP contribution in [-0.2, 0) is 9.53 Å². The molecule has 1 aliphatic rings. The minimum Gasteiger partial charge on any atom is -0.493 e. The lowest BCUT2D eigenvalue weighted by Crippen LogP contribution is -2.26. The number of amides is 1. The number of methoxy groups -OCH3 is 1. The Morgan fingerprint density at radius 3 is 2.72 bits per heavy atom. The first-order valence-electron chi connectivity index (χ1n) is 9.33. The molecule has 154 valence electrons. The van der Waals surface area contributed by atoms with E-state index in [9.17, 15) is 19.5 Å². The molecule has 0 spiro atoms. The van der Waals surface area contributed by atoms with Crippen LogP contribution in [0.15, 0.2) is 34.2 Å². The molecule has 0 radical (unpaired) electrons. The number of hydrogen-bond acceptors (Lipinski definition) is 7. The molecule has 0 bridgehead atoms. The van der Waals surface area contributed by atoms with E-state index in [1.54, 1.807) is 22.8 Å². The number of aromatic nitrogens is 2. The average molecular weight is 417 g/mol. The molecule has 9 heteroatoms. The number of nitrogens with zero attached hydrogens (tertiary/aromatic N) is 2. The smallest absolute Gasteiger partial charge is 0.337 e. The van der Waals surface area contributed by atoms with Crippen molar-refractivity contribution in [2.75, 3.05) is 18.2 Å². The summed E-state index contributed by atoms with van der Waals surface area (Å²) in [5, 5.41) is 12.8. The Hall–Kier alpha value is -2.81. The number of anilines is 1. The Bertz CT molecular complexity index is 983. The van der Waals surface area contributed by atoms with Gasteiger partial charge in [0.1, 0.15) is 0 Å². The molecule has 1 fully saturated rings. The predicted molar refractivity (Wildman–Crippen MR) is 110 cm³/mol. The van der Waals surface area contributed by atoms with Gasteiger partial charge >= 0.3 is 5.97 Å². The number of aromatic hydroxyl groups is 1. The highest BCUT2D eigenvalue weighted by Crippen LogP contribution is 2.31. The topological polar surface area (TPSA) is 111 Å². The number of benzene rings is 1. The molecule has 1 aliphatic carbocycles. The van der Waals surface area contributed by atoms with Gasteiger partial charge in [0.25, 0.3) is 5.56 Å². The van der Waals surface area contributed by atoms with E-state index in [1.807, 2.05) is 6.92 Å². The third-order valence-corrected chi connectivity index (χ3v) is 5.81. The van der Waals surface area contributed by atoms with E-state index in [4.69, 9.17) is 4.74 Å². The van der Waals surface area contributed by atoms with Gasteiger partial charge in [-0.1, -0.05) is 30.7 Å². The number of esters is 1. The molecule has 1 saturated carbocycles. The largest absolute Gasteiger partial charge is 0.493 e. The molecule has 1 aromatic heterocycles. The number of thioether (sulfide) groups is 1. The van der Waals surface area contributed by atoms with Crippen molar-refractivity contribution in [3.63, 3.8) is 0 Å². The maximum atomic E-state index is 12.5. The summed E-state index contributed by atoms with van der Waals surface area (Å²) in [7, 11) is 1.29. The van der Waals surface area contributed by atoms with Gasteiger partial charge in [0.05, 0.1) is 24.5 Å². The molecule has 0 atom stereocenters.